The molecule has 0 bridgehead atoms. The molecule has 2 unspecified atom stereocenters. The summed E-state index contributed by atoms with van der Waals surface area (Å²) in [5.41, 5.74) is 5.59. The number of nitrogens with two attached hydrogens (primary N) is 1. The summed E-state index contributed by atoms with van der Waals surface area (Å²) in [4.78, 5) is 0. The maximum absolute atomic E-state index is 5.71. The van der Waals surface area contributed by atoms with Crippen molar-refractivity contribution in [1.82, 2.24) is 0 Å². The van der Waals surface area contributed by atoms with Gasteiger partial charge in [-0.05, 0) is 12.8 Å². The van der Waals surface area contributed by atoms with Crippen LogP contribution in [-0.4, -0.2) is 32.5 Å². The largest absolute Gasteiger partial charge is 0.381 e. The van der Waals surface area contributed by atoms with Crippen LogP contribution in [0.1, 0.15) is 26.2 Å². The molecule has 1 rings (SSSR count). The van der Waals surface area contributed by atoms with Crippen molar-refractivity contribution in [3.8, 4) is 0 Å². The molecular weight excluding hydrogens is 166 g/mol. The van der Waals surface area contributed by atoms with Gasteiger partial charge in [-0.1, -0.05) is 13.3 Å². The van der Waals surface area contributed by atoms with E-state index in [1.807, 2.05) is 0 Å². The predicted molar refractivity (Wildman–Crippen MR) is 52.6 cm³/mol. The van der Waals surface area contributed by atoms with E-state index in [9.17, 15) is 0 Å². The second-order valence-electron chi connectivity index (χ2n) is 3.71. The van der Waals surface area contributed by atoms with Gasteiger partial charge in [-0.2, -0.15) is 0 Å². The lowest BCUT2D eigenvalue weighted by Crippen LogP contribution is -2.26. The Morgan fingerprint density at radius 3 is 3.00 bits per heavy atom. The first-order valence-corrected chi connectivity index (χ1v) is 5.26. The Morgan fingerprint density at radius 1 is 1.62 bits per heavy atom. The van der Waals surface area contributed by atoms with Crippen LogP contribution in [0.3, 0.4) is 0 Å². The smallest absolute Gasteiger partial charge is 0.0697 e. The fourth-order valence-corrected chi connectivity index (χ4v) is 1.58. The third-order valence-electron chi connectivity index (χ3n) is 2.47. The fourth-order valence-electron chi connectivity index (χ4n) is 1.58. The second-order valence-corrected chi connectivity index (χ2v) is 3.71. The van der Waals surface area contributed by atoms with E-state index in [0.717, 1.165) is 39.1 Å². The fraction of sp³-hybridized carbons (Fsp3) is 1.00. The Bertz CT molecular complexity index is 124. The Balaban J connectivity index is 2.07. The monoisotopic (exact) mass is 187 g/mol. The summed E-state index contributed by atoms with van der Waals surface area (Å²) >= 11 is 0. The minimum Gasteiger partial charge on any atom is -0.381 e. The summed E-state index contributed by atoms with van der Waals surface area (Å²) in [5, 5.41) is 0. The van der Waals surface area contributed by atoms with E-state index in [-0.39, 0.29) is 6.10 Å². The Kier molecular flexibility index (Phi) is 5.35. The van der Waals surface area contributed by atoms with Crippen LogP contribution in [-0.2, 0) is 9.47 Å². The molecule has 2 atom stereocenters. The zero-order valence-electron chi connectivity index (χ0n) is 8.50. The van der Waals surface area contributed by atoms with Crippen molar-refractivity contribution in [2.75, 3.05) is 26.4 Å². The van der Waals surface area contributed by atoms with Crippen molar-refractivity contribution >= 4 is 0 Å². The molecule has 78 valence electrons. The van der Waals surface area contributed by atoms with E-state index in [1.165, 1.54) is 0 Å². The highest BCUT2D eigenvalue weighted by Crippen LogP contribution is 2.14. The first kappa shape index (κ1) is 11.0. The van der Waals surface area contributed by atoms with E-state index < -0.39 is 0 Å². The Morgan fingerprint density at radius 2 is 2.46 bits per heavy atom. The molecule has 0 amide bonds. The standard InChI is InChI=1S/C10H21NO2/c1-2-3-10(6-11)13-8-9-4-5-12-7-9/h9-10H,2-8,11H2,1H3. The molecule has 1 aliphatic rings. The van der Waals surface area contributed by atoms with Crippen LogP contribution in [0, 0.1) is 5.92 Å². The molecule has 1 aliphatic heterocycles. The lowest BCUT2D eigenvalue weighted by molar-refractivity contribution is 0.0262. The van der Waals surface area contributed by atoms with Gasteiger partial charge in [0.2, 0.25) is 0 Å². The van der Waals surface area contributed by atoms with Gasteiger partial charge in [0.15, 0.2) is 0 Å². The normalized spacial score (nSPS) is 24.9. The van der Waals surface area contributed by atoms with Crippen LogP contribution in [0.25, 0.3) is 0 Å². The molecule has 0 saturated carbocycles. The van der Waals surface area contributed by atoms with Crippen molar-refractivity contribution in [3.63, 3.8) is 0 Å². The van der Waals surface area contributed by atoms with Gasteiger partial charge in [-0.3, -0.25) is 0 Å². The van der Waals surface area contributed by atoms with Gasteiger partial charge in [0.05, 0.1) is 19.3 Å². The molecular formula is C10H21NO2. The molecule has 3 heteroatoms. The van der Waals surface area contributed by atoms with Crippen molar-refractivity contribution < 1.29 is 9.47 Å². The SMILES string of the molecule is CCCC(CN)OCC1CCOC1. The quantitative estimate of drug-likeness (QED) is 0.679. The average molecular weight is 187 g/mol. The molecule has 1 heterocycles. The van der Waals surface area contributed by atoms with Crippen LogP contribution in [0.5, 0.6) is 0 Å². The molecule has 0 aromatic rings. The summed E-state index contributed by atoms with van der Waals surface area (Å²) in [6.45, 7) is 5.38. The van der Waals surface area contributed by atoms with Crippen molar-refractivity contribution in [1.29, 1.82) is 0 Å². The summed E-state index contributed by atoms with van der Waals surface area (Å²) in [6, 6.07) is 0. The van der Waals surface area contributed by atoms with E-state index in [2.05, 4.69) is 6.92 Å². The topological polar surface area (TPSA) is 44.5 Å². The zero-order valence-corrected chi connectivity index (χ0v) is 8.50. The first-order valence-electron chi connectivity index (χ1n) is 5.26. The first-order chi connectivity index (χ1) is 6.36. The van der Waals surface area contributed by atoms with Crippen molar-refractivity contribution in [2.24, 2.45) is 11.7 Å². The van der Waals surface area contributed by atoms with Gasteiger partial charge in [-0.25, -0.2) is 0 Å². The van der Waals surface area contributed by atoms with Gasteiger partial charge >= 0.3 is 0 Å². The van der Waals surface area contributed by atoms with Gasteiger partial charge in [0.25, 0.3) is 0 Å². The minimum absolute atomic E-state index is 0.255. The van der Waals surface area contributed by atoms with E-state index in [0.29, 0.717) is 12.5 Å². The average Bonchev–Trinajstić information content (AvgIpc) is 2.64. The lowest BCUT2D eigenvalue weighted by Gasteiger charge is -2.17. The third-order valence-corrected chi connectivity index (χ3v) is 2.47. The van der Waals surface area contributed by atoms with E-state index in [4.69, 9.17) is 15.2 Å². The van der Waals surface area contributed by atoms with E-state index in [1.54, 1.807) is 0 Å². The highest BCUT2D eigenvalue weighted by Gasteiger charge is 2.17. The van der Waals surface area contributed by atoms with Gasteiger partial charge in [0, 0.05) is 19.1 Å². The molecule has 0 aromatic heterocycles. The number of hydrogen-bond acceptors (Lipinski definition) is 3. The molecule has 2 N–H and O–H groups in total. The number of rotatable bonds is 6. The third kappa shape index (κ3) is 4.07. The highest BCUT2D eigenvalue weighted by atomic mass is 16.5. The van der Waals surface area contributed by atoms with Crippen molar-refractivity contribution in [2.45, 2.75) is 32.3 Å². The van der Waals surface area contributed by atoms with Crippen LogP contribution < -0.4 is 5.73 Å². The van der Waals surface area contributed by atoms with Crippen LogP contribution in [0.2, 0.25) is 0 Å². The second kappa shape index (κ2) is 6.35. The summed E-state index contributed by atoms with van der Waals surface area (Å²) in [6.07, 6.45) is 3.61. The molecule has 3 nitrogen and oxygen atoms in total. The Labute approximate surface area is 80.6 Å². The molecule has 1 saturated heterocycles. The predicted octanol–water partition coefficient (Wildman–Crippen LogP) is 1.17. The Hall–Kier alpha value is -0.120. The summed E-state index contributed by atoms with van der Waals surface area (Å²) < 4.78 is 11.0. The van der Waals surface area contributed by atoms with Crippen LogP contribution in [0.15, 0.2) is 0 Å². The lowest BCUT2D eigenvalue weighted by atomic mass is 10.1. The van der Waals surface area contributed by atoms with Crippen LogP contribution >= 0.6 is 0 Å². The molecule has 1 fully saturated rings. The van der Waals surface area contributed by atoms with Gasteiger partial charge in [0.1, 0.15) is 0 Å². The zero-order chi connectivity index (χ0) is 9.52. The molecule has 0 aromatic carbocycles. The number of hydrogen-bond donors (Lipinski definition) is 1. The number of ether oxygens (including phenoxy) is 2. The maximum Gasteiger partial charge on any atom is 0.0697 e. The maximum atomic E-state index is 5.71. The molecule has 0 radical (unpaired) electrons. The van der Waals surface area contributed by atoms with Gasteiger partial charge < -0.3 is 15.2 Å². The van der Waals surface area contributed by atoms with Crippen LogP contribution in [0.4, 0.5) is 0 Å². The summed E-state index contributed by atoms with van der Waals surface area (Å²) in [5.74, 6) is 0.603. The summed E-state index contributed by atoms with van der Waals surface area (Å²) in [7, 11) is 0. The van der Waals surface area contributed by atoms with Gasteiger partial charge in [-0.15, -0.1) is 0 Å². The minimum atomic E-state index is 0.255. The molecule has 0 aliphatic carbocycles. The molecule has 13 heavy (non-hydrogen) atoms. The highest BCUT2D eigenvalue weighted by molar-refractivity contribution is 4.65. The molecule has 0 spiro atoms. The van der Waals surface area contributed by atoms with Crippen molar-refractivity contribution in [3.05, 3.63) is 0 Å². The van der Waals surface area contributed by atoms with E-state index >= 15 is 0 Å².